The van der Waals surface area contributed by atoms with Crippen molar-refractivity contribution in [3.05, 3.63) is 53.2 Å². The summed E-state index contributed by atoms with van der Waals surface area (Å²) in [5.74, 6) is 0.663. The van der Waals surface area contributed by atoms with E-state index in [-0.39, 0.29) is 37.0 Å². The monoisotopic (exact) mass is 511 g/mol. The number of pyridine rings is 1. The molecule has 0 aliphatic rings. The minimum absolute atomic E-state index is 0.117. The van der Waals surface area contributed by atoms with Crippen molar-refractivity contribution in [1.82, 2.24) is 10.3 Å². The highest BCUT2D eigenvalue weighted by Crippen LogP contribution is 2.34. The lowest BCUT2D eigenvalue weighted by molar-refractivity contribution is 0.0526. The molecule has 0 radical (unpaired) electrons. The molecule has 10 nitrogen and oxygen atoms in total. The number of nitrogens with two attached hydrogens (primary N) is 1. The summed E-state index contributed by atoms with van der Waals surface area (Å²) in [7, 11) is 1.49. The number of methoxy groups -OCH3 is 1. The summed E-state index contributed by atoms with van der Waals surface area (Å²) in [5.41, 5.74) is 8.46. The molecule has 1 aromatic heterocycles. The lowest BCUT2D eigenvalue weighted by Gasteiger charge is -2.15. The number of benzene rings is 2. The van der Waals surface area contributed by atoms with Crippen LogP contribution in [0.2, 0.25) is 0 Å². The van der Waals surface area contributed by atoms with Gasteiger partial charge in [-0.25, -0.2) is 4.79 Å². The fourth-order valence-corrected chi connectivity index (χ4v) is 3.82. The highest BCUT2D eigenvalue weighted by molar-refractivity contribution is 6.07. The molecule has 10 heteroatoms. The van der Waals surface area contributed by atoms with E-state index in [1.54, 1.807) is 38.1 Å². The van der Waals surface area contributed by atoms with Gasteiger partial charge in [0.2, 0.25) is 0 Å². The number of fused-ring (bicyclic) bond motifs is 1. The van der Waals surface area contributed by atoms with Crippen LogP contribution < -0.4 is 25.3 Å². The van der Waals surface area contributed by atoms with E-state index in [9.17, 15) is 9.59 Å². The Labute approximate surface area is 215 Å². The first-order valence-corrected chi connectivity index (χ1v) is 12.1. The molecule has 3 rings (SSSR count). The van der Waals surface area contributed by atoms with E-state index in [0.717, 1.165) is 0 Å². The van der Waals surface area contributed by atoms with Crippen molar-refractivity contribution >= 4 is 28.5 Å². The summed E-state index contributed by atoms with van der Waals surface area (Å²) in [4.78, 5) is 29.4. The topological polar surface area (TPSA) is 142 Å². The predicted octanol–water partition coefficient (Wildman–Crippen LogP) is 3.27. The Balaban J connectivity index is 1.55. The van der Waals surface area contributed by atoms with Crippen molar-refractivity contribution in [2.75, 3.05) is 45.8 Å². The van der Waals surface area contributed by atoms with Crippen LogP contribution in [0.25, 0.3) is 10.9 Å². The van der Waals surface area contributed by atoms with E-state index in [0.29, 0.717) is 65.4 Å². The highest BCUT2D eigenvalue weighted by Gasteiger charge is 2.20. The van der Waals surface area contributed by atoms with E-state index < -0.39 is 5.97 Å². The second-order valence-electron chi connectivity index (χ2n) is 8.11. The van der Waals surface area contributed by atoms with Gasteiger partial charge in [0.05, 0.1) is 49.2 Å². The van der Waals surface area contributed by atoms with Crippen LogP contribution in [-0.4, -0.2) is 62.0 Å². The minimum atomic E-state index is -0.512. The number of ether oxygens (including phenoxy) is 4. The molecule has 1 amide bonds. The number of rotatable bonds is 13. The molecule has 0 bridgehead atoms. The molecule has 0 fully saturated rings. The first-order valence-electron chi connectivity index (χ1n) is 12.1. The maximum absolute atomic E-state index is 12.5. The molecule has 0 saturated heterocycles. The van der Waals surface area contributed by atoms with E-state index in [1.807, 2.05) is 12.1 Å². The number of carbonyl (C=O) groups excluding carboxylic acids is 2. The zero-order valence-corrected chi connectivity index (χ0v) is 21.3. The Morgan fingerprint density at radius 3 is 2.57 bits per heavy atom. The number of aliphatic hydroxyl groups is 1. The normalized spacial score (nSPS) is 10.7. The molecule has 0 unspecified atom stereocenters. The van der Waals surface area contributed by atoms with Gasteiger partial charge in [-0.2, -0.15) is 0 Å². The van der Waals surface area contributed by atoms with E-state index >= 15 is 0 Å². The molecular formula is C27H33N3O7. The van der Waals surface area contributed by atoms with Crippen LogP contribution in [0.1, 0.15) is 46.2 Å². The van der Waals surface area contributed by atoms with Gasteiger partial charge in [0.25, 0.3) is 5.91 Å². The van der Waals surface area contributed by atoms with Crippen molar-refractivity contribution < 1.29 is 33.6 Å². The highest BCUT2D eigenvalue weighted by atomic mass is 16.5. The molecule has 0 aliphatic heterocycles. The molecule has 4 N–H and O–H groups in total. The summed E-state index contributed by atoms with van der Waals surface area (Å²) in [6.45, 7) is 4.56. The average molecular weight is 512 g/mol. The fraction of sp³-hybridized carbons (Fsp3) is 0.370. The Hall–Kier alpha value is -4.05. The van der Waals surface area contributed by atoms with Gasteiger partial charge < -0.3 is 35.1 Å². The van der Waals surface area contributed by atoms with E-state index in [1.165, 1.54) is 7.11 Å². The van der Waals surface area contributed by atoms with Gasteiger partial charge in [-0.15, -0.1) is 0 Å². The summed E-state index contributed by atoms with van der Waals surface area (Å²) < 4.78 is 21.8. The van der Waals surface area contributed by atoms with Gasteiger partial charge in [-0.1, -0.05) is 6.07 Å². The van der Waals surface area contributed by atoms with Crippen LogP contribution in [0.5, 0.6) is 17.2 Å². The molecule has 3 aromatic rings. The lowest BCUT2D eigenvalue weighted by atomic mass is 10.1. The minimum Gasteiger partial charge on any atom is -0.493 e. The molecule has 1 heterocycles. The molecule has 0 spiro atoms. The summed E-state index contributed by atoms with van der Waals surface area (Å²) >= 11 is 0. The lowest BCUT2D eigenvalue weighted by Crippen LogP contribution is -2.24. The second-order valence-corrected chi connectivity index (χ2v) is 8.11. The van der Waals surface area contributed by atoms with E-state index in [4.69, 9.17) is 29.8 Å². The van der Waals surface area contributed by atoms with Gasteiger partial charge in [-0.05, 0) is 57.0 Å². The molecule has 0 saturated carbocycles. The maximum Gasteiger partial charge on any atom is 0.342 e. The SMILES string of the molecule is CCOC(=O)c1c(C)nc2cccc(OCCCCNC(=O)c3ccc(OCCO)c(OC)c3)c2c1N. The number of nitrogen functional groups attached to an aromatic ring is 1. The van der Waals surface area contributed by atoms with E-state index in [2.05, 4.69) is 10.3 Å². The molecule has 37 heavy (non-hydrogen) atoms. The number of nitrogens with zero attached hydrogens (tertiary/aromatic N) is 1. The summed E-state index contributed by atoms with van der Waals surface area (Å²) in [6, 6.07) is 10.3. The molecule has 2 aromatic carbocycles. The average Bonchev–Trinajstić information content (AvgIpc) is 2.89. The van der Waals surface area contributed by atoms with Gasteiger partial charge in [0.15, 0.2) is 11.5 Å². The first kappa shape index (κ1) is 27.5. The van der Waals surface area contributed by atoms with Gasteiger partial charge in [-0.3, -0.25) is 9.78 Å². The van der Waals surface area contributed by atoms with Gasteiger partial charge >= 0.3 is 5.97 Å². The van der Waals surface area contributed by atoms with Crippen molar-refractivity contribution in [1.29, 1.82) is 0 Å². The van der Waals surface area contributed by atoms with Crippen LogP contribution in [0.3, 0.4) is 0 Å². The molecule has 0 aliphatic carbocycles. The summed E-state index contributed by atoms with van der Waals surface area (Å²) in [6.07, 6.45) is 1.37. The summed E-state index contributed by atoms with van der Waals surface area (Å²) in [5, 5.41) is 12.4. The van der Waals surface area contributed by atoms with Gasteiger partial charge in [0.1, 0.15) is 17.9 Å². The Bertz CT molecular complexity index is 1250. The number of hydrogen-bond donors (Lipinski definition) is 3. The zero-order valence-electron chi connectivity index (χ0n) is 21.3. The Kier molecular flexibility index (Phi) is 9.91. The molecule has 198 valence electrons. The number of aryl methyl sites for hydroxylation is 1. The third-order valence-corrected chi connectivity index (χ3v) is 5.56. The fourth-order valence-electron chi connectivity index (χ4n) is 3.82. The Morgan fingerprint density at radius 1 is 1.05 bits per heavy atom. The van der Waals surface area contributed by atoms with Crippen molar-refractivity contribution in [2.24, 2.45) is 0 Å². The van der Waals surface area contributed by atoms with Gasteiger partial charge in [0, 0.05) is 12.1 Å². The van der Waals surface area contributed by atoms with Crippen LogP contribution >= 0.6 is 0 Å². The molecule has 0 atom stereocenters. The standard InChI is InChI=1S/C27H33N3O7/c1-4-35-27(33)23-17(2)30-19-8-7-9-21(24(19)25(23)28)36-14-6-5-12-29-26(32)18-10-11-20(37-15-13-31)22(16-18)34-3/h7-11,16,31H,4-6,12-15H2,1-3H3,(H2,28,30)(H,29,32). The number of aromatic nitrogens is 1. The number of carbonyl (C=O) groups is 2. The number of anilines is 1. The van der Waals surface area contributed by atoms with Crippen molar-refractivity contribution in [2.45, 2.75) is 26.7 Å². The third kappa shape index (κ3) is 6.79. The molecular weight excluding hydrogens is 478 g/mol. The van der Waals surface area contributed by atoms with Crippen LogP contribution in [0.15, 0.2) is 36.4 Å². The van der Waals surface area contributed by atoms with Crippen LogP contribution in [0.4, 0.5) is 5.69 Å². The van der Waals surface area contributed by atoms with Crippen molar-refractivity contribution in [3.63, 3.8) is 0 Å². The zero-order chi connectivity index (χ0) is 26.8. The number of amides is 1. The first-order chi connectivity index (χ1) is 17.9. The third-order valence-electron chi connectivity index (χ3n) is 5.56. The number of nitrogens with one attached hydrogen (secondary N) is 1. The number of hydrogen-bond acceptors (Lipinski definition) is 9. The second kappa shape index (κ2) is 13.3. The van der Waals surface area contributed by atoms with Crippen molar-refractivity contribution in [3.8, 4) is 17.2 Å². The number of aliphatic hydroxyl groups excluding tert-OH is 1. The largest absolute Gasteiger partial charge is 0.493 e. The Morgan fingerprint density at radius 2 is 1.84 bits per heavy atom. The maximum atomic E-state index is 12.5. The predicted molar refractivity (Wildman–Crippen MR) is 139 cm³/mol. The van der Waals surface area contributed by atoms with Crippen LogP contribution in [0, 0.1) is 6.92 Å². The quantitative estimate of drug-likeness (QED) is 0.233. The van der Waals surface area contributed by atoms with Crippen LogP contribution in [-0.2, 0) is 4.74 Å². The number of esters is 1. The smallest absolute Gasteiger partial charge is 0.342 e. The number of unbranched alkanes of at least 4 members (excludes halogenated alkanes) is 1.